The molecule has 2 aromatic carbocycles. The fourth-order valence-corrected chi connectivity index (χ4v) is 3.23. The first-order valence-electron chi connectivity index (χ1n) is 9.97. The molecule has 0 bridgehead atoms. The Labute approximate surface area is 171 Å². The van der Waals surface area contributed by atoms with E-state index in [9.17, 15) is 9.59 Å². The molecule has 0 atom stereocenters. The van der Waals surface area contributed by atoms with Gasteiger partial charge in [-0.05, 0) is 38.2 Å². The zero-order chi connectivity index (χ0) is 20.6. The minimum atomic E-state index is -0.131. The van der Waals surface area contributed by atoms with Crippen LogP contribution in [0.15, 0.2) is 59.4 Å². The number of para-hydroxylation sites is 1. The van der Waals surface area contributed by atoms with Crippen LogP contribution in [0.5, 0.6) is 0 Å². The molecule has 0 aliphatic carbocycles. The van der Waals surface area contributed by atoms with Crippen LogP contribution in [-0.2, 0) is 17.8 Å². The largest absolute Gasteiger partial charge is 0.337 e. The molecule has 1 aromatic heterocycles. The highest BCUT2D eigenvalue weighted by Crippen LogP contribution is 2.10. The van der Waals surface area contributed by atoms with Gasteiger partial charge in [0, 0.05) is 32.5 Å². The summed E-state index contributed by atoms with van der Waals surface area (Å²) in [5, 5.41) is 0.588. The van der Waals surface area contributed by atoms with Gasteiger partial charge in [-0.25, -0.2) is 4.98 Å². The standard InChI is InChI=1S/C23H28N4O2/c1-26(2)15-16-27(17-18-9-4-3-5-10-18)22(28)14-8-13-21-24-20-12-7-6-11-19(20)23(29)25-21/h3-7,9-12H,8,13-17H2,1-2H3,(H,24,25,29). The second-order valence-electron chi connectivity index (χ2n) is 7.49. The van der Waals surface area contributed by atoms with E-state index in [1.165, 1.54) is 0 Å². The van der Waals surface area contributed by atoms with Gasteiger partial charge in [0.2, 0.25) is 5.91 Å². The van der Waals surface area contributed by atoms with Gasteiger partial charge in [-0.3, -0.25) is 9.59 Å². The van der Waals surface area contributed by atoms with Crippen molar-refractivity contribution in [1.29, 1.82) is 0 Å². The molecule has 152 valence electrons. The third-order valence-corrected chi connectivity index (χ3v) is 4.85. The second-order valence-corrected chi connectivity index (χ2v) is 7.49. The summed E-state index contributed by atoms with van der Waals surface area (Å²) in [5.74, 6) is 0.753. The molecule has 0 saturated heterocycles. The van der Waals surface area contributed by atoms with E-state index in [4.69, 9.17) is 0 Å². The number of nitrogens with zero attached hydrogens (tertiary/aromatic N) is 3. The Morgan fingerprint density at radius 2 is 1.72 bits per heavy atom. The quantitative estimate of drug-likeness (QED) is 0.608. The molecule has 0 fully saturated rings. The molecular weight excluding hydrogens is 364 g/mol. The summed E-state index contributed by atoms with van der Waals surface area (Å²) in [6, 6.07) is 17.3. The first kappa shape index (κ1) is 20.7. The number of carbonyl (C=O) groups is 1. The number of aryl methyl sites for hydroxylation is 1. The van der Waals surface area contributed by atoms with Crippen LogP contribution < -0.4 is 5.56 Å². The van der Waals surface area contributed by atoms with Crippen LogP contribution in [0.4, 0.5) is 0 Å². The third-order valence-electron chi connectivity index (χ3n) is 4.85. The molecule has 1 heterocycles. The van der Waals surface area contributed by atoms with Crippen LogP contribution in [0.3, 0.4) is 0 Å². The number of aromatic nitrogens is 2. The number of hydrogen-bond donors (Lipinski definition) is 1. The molecule has 6 nitrogen and oxygen atoms in total. The van der Waals surface area contributed by atoms with E-state index in [1.807, 2.05) is 67.5 Å². The number of hydrogen-bond acceptors (Lipinski definition) is 4. The fourth-order valence-electron chi connectivity index (χ4n) is 3.23. The first-order valence-corrected chi connectivity index (χ1v) is 9.97. The third kappa shape index (κ3) is 5.99. The lowest BCUT2D eigenvalue weighted by Crippen LogP contribution is -2.36. The maximum absolute atomic E-state index is 12.8. The molecule has 6 heteroatoms. The van der Waals surface area contributed by atoms with E-state index < -0.39 is 0 Å². The molecule has 0 radical (unpaired) electrons. The molecule has 1 N–H and O–H groups in total. The van der Waals surface area contributed by atoms with Crippen molar-refractivity contribution in [2.24, 2.45) is 0 Å². The van der Waals surface area contributed by atoms with Crippen molar-refractivity contribution in [3.63, 3.8) is 0 Å². The number of aromatic amines is 1. The number of rotatable bonds is 9. The van der Waals surface area contributed by atoms with E-state index in [0.29, 0.717) is 49.1 Å². The highest BCUT2D eigenvalue weighted by Gasteiger charge is 2.14. The maximum Gasteiger partial charge on any atom is 0.258 e. The van der Waals surface area contributed by atoms with Crippen molar-refractivity contribution in [3.05, 3.63) is 76.3 Å². The van der Waals surface area contributed by atoms with Gasteiger partial charge in [0.05, 0.1) is 10.9 Å². The lowest BCUT2D eigenvalue weighted by molar-refractivity contribution is -0.132. The number of likely N-dealkylation sites (N-methyl/N-ethyl adjacent to an activating group) is 1. The summed E-state index contributed by atoms with van der Waals surface area (Å²) in [7, 11) is 4.01. The summed E-state index contributed by atoms with van der Waals surface area (Å²) in [6.45, 7) is 2.11. The van der Waals surface area contributed by atoms with Crippen molar-refractivity contribution in [3.8, 4) is 0 Å². The molecule has 0 aliphatic rings. The predicted octanol–water partition coefficient (Wildman–Crippen LogP) is 2.84. The Hall–Kier alpha value is -2.99. The maximum atomic E-state index is 12.8. The molecule has 0 unspecified atom stereocenters. The van der Waals surface area contributed by atoms with Gasteiger partial charge in [-0.2, -0.15) is 0 Å². The Morgan fingerprint density at radius 3 is 2.48 bits per heavy atom. The number of amides is 1. The number of fused-ring (bicyclic) bond motifs is 1. The van der Waals surface area contributed by atoms with Crippen LogP contribution in [0.25, 0.3) is 10.9 Å². The predicted molar refractivity (Wildman–Crippen MR) is 116 cm³/mol. The van der Waals surface area contributed by atoms with Gasteiger partial charge in [0.25, 0.3) is 5.56 Å². The molecule has 0 saturated carbocycles. The number of H-pyrrole nitrogens is 1. The monoisotopic (exact) mass is 392 g/mol. The van der Waals surface area contributed by atoms with E-state index in [-0.39, 0.29) is 11.5 Å². The fraction of sp³-hybridized carbons (Fsp3) is 0.348. The van der Waals surface area contributed by atoms with Crippen LogP contribution in [0.1, 0.15) is 24.2 Å². The molecule has 3 rings (SSSR count). The molecule has 1 amide bonds. The van der Waals surface area contributed by atoms with Crippen molar-refractivity contribution in [2.75, 3.05) is 27.2 Å². The smallest absolute Gasteiger partial charge is 0.258 e. The molecule has 0 spiro atoms. The zero-order valence-electron chi connectivity index (χ0n) is 17.1. The lowest BCUT2D eigenvalue weighted by atomic mass is 10.1. The van der Waals surface area contributed by atoms with E-state index in [1.54, 1.807) is 6.07 Å². The van der Waals surface area contributed by atoms with Gasteiger partial charge >= 0.3 is 0 Å². The lowest BCUT2D eigenvalue weighted by Gasteiger charge is -2.24. The summed E-state index contributed by atoms with van der Waals surface area (Å²) >= 11 is 0. The Balaban J connectivity index is 1.61. The SMILES string of the molecule is CN(C)CCN(Cc1ccccc1)C(=O)CCCc1nc2ccccc2c(=O)[nH]1. The Bertz CT molecular complexity index is 998. The molecule has 3 aromatic rings. The van der Waals surface area contributed by atoms with Crippen LogP contribution in [0, 0.1) is 0 Å². The first-order chi connectivity index (χ1) is 14.0. The number of carbonyl (C=O) groups excluding carboxylic acids is 1. The van der Waals surface area contributed by atoms with E-state index in [2.05, 4.69) is 14.9 Å². The number of benzene rings is 2. The minimum absolute atomic E-state index is 0.124. The highest BCUT2D eigenvalue weighted by molar-refractivity contribution is 5.77. The van der Waals surface area contributed by atoms with Crippen LogP contribution >= 0.6 is 0 Å². The molecular formula is C23H28N4O2. The summed E-state index contributed by atoms with van der Waals surface area (Å²) < 4.78 is 0. The normalized spacial score (nSPS) is 11.1. The Morgan fingerprint density at radius 1 is 1.00 bits per heavy atom. The summed E-state index contributed by atoms with van der Waals surface area (Å²) in [4.78, 5) is 36.4. The van der Waals surface area contributed by atoms with Gasteiger partial charge in [-0.15, -0.1) is 0 Å². The summed E-state index contributed by atoms with van der Waals surface area (Å²) in [5.41, 5.74) is 1.68. The summed E-state index contributed by atoms with van der Waals surface area (Å²) in [6.07, 6.45) is 1.64. The zero-order valence-corrected chi connectivity index (χ0v) is 17.1. The van der Waals surface area contributed by atoms with Crippen molar-refractivity contribution in [2.45, 2.75) is 25.8 Å². The minimum Gasteiger partial charge on any atom is -0.337 e. The van der Waals surface area contributed by atoms with Gasteiger partial charge in [0.15, 0.2) is 0 Å². The molecule has 0 aliphatic heterocycles. The van der Waals surface area contributed by atoms with Crippen molar-refractivity contribution in [1.82, 2.24) is 19.8 Å². The topological polar surface area (TPSA) is 69.3 Å². The average molecular weight is 393 g/mol. The van der Waals surface area contributed by atoms with E-state index >= 15 is 0 Å². The highest BCUT2D eigenvalue weighted by atomic mass is 16.2. The average Bonchev–Trinajstić information content (AvgIpc) is 2.71. The number of nitrogens with one attached hydrogen (secondary N) is 1. The van der Waals surface area contributed by atoms with Gasteiger partial charge in [-0.1, -0.05) is 42.5 Å². The van der Waals surface area contributed by atoms with Crippen molar-refractivity contribution >= 4 is 16.8 Å². The van der Waals surface area contributed by atoms with Gasteiger partial charge < -0.3 is 14.8 Å². The van der Waals surface area contributed by atoms with Gasteiger partial charge in [0.1, 0.15) is 5.82 Å². The molecule has 29 heavy (non-hydrogen) atoms. The van der Waals surface area contributed by atoms with Crippen LogP contribution in [-0.4, -0.2) is 52.9 Å². The van der Waals surface area contributed by atoms with Crippen LogP contribution in [0.2, 0.25) is 0 Å². The van der Waals surface area contributed by atoms with E-state index in [0.717, 1.165) is 12.1 Å². The second kappa shape index (κ2) is 9.98. The van der Waals surface area contributed by atoms with Crippen molar-refractivity contribution < 1.29 is 4.79 Å². The Kier molecular flexibility index (Phi) is 7.14.